The highest BCUT2D eigenvalue weighted by Gasteiger charge is 2.26. The highest BCUT2D eigenvalue weighted by atomic mass is 35.5. The summed E-state index contributed by atoms with van der Waals surface area (Å²) < 4.78 is 6.48. The van der Waals surface area contributed by atoms with Gasteiger partial charge >= 0.3 is 11.7 Å². The van der Waals surface area contributed by atoms with Crippen LogP contribution < -0.4 is 0 Å². The lowest BCUT2D eigenvalue weighted by molar-refractivity contribution is -0.385. The first-order valence-electron chi connectivity index (χ1n) is 6.97. The van der Waals surface area contributed by atoms with Crippen LogP contribution in [0.5, 0.6) is 0 Å². The number of hydrogen-bond donors (Lipinski definition) is 0. The van der Waals surface area contributed by atoms with Gasteiger partial charge in [0.25, 0.3) is 0 Å². The van der Waals surface area contributed by atoms with Crippen LogP contribution in [0.2, 0.25) is 5.15 Å². The maximum absolute atomic E-state index is 12.2. The fourth-order valence-corrected chi connectivity index (χ4v) is 2.61. The maximum atomic E-state index is 12.2. The van der Waals surface area contributed by atoms with Crippen molar-refractivity contribution in [2.24, 2.45) is 0 Å². The van der Waals surface area contributed by atoms with E-state index in [0.717, 1.165) is 6.33 Å². The number of fused-ring (bicyclic) bond motifs is 1. The van der Waals surface area contributed by atoms with E-state index in [2.05, 4.69) is 9.97 Å². The number of halogens is 1. The van der Waals surface area contributed by atoms with Gasteiger partial charge in [0.2, 0.25) is 11.0 Å². The van der Waals surface area contributed by atoms with Gasteiger partial charge < -0.3 is 4.74 Å². The first-order valence-corrected chi connectivity index (χ1v) is 7.34. The number of benzene rings is 1. The summed E-state index contributed by atoms with van der Waals surface area (Å²) in [6.45, 7) is 1.92. The van der Waals surface area contributed by atoms with Crippen LogP contribution in [0.4, 0.5) is 5.69 Å². The van der Waals surface area contributed by atoms with Gasteiger partial charge in [0.1, 0.15) is 6.33 Å². The second-order valence-corrected chi connectivity index (χ2v) is 5.10. The topological polar surface area (TPSA) is 100 Å². The zero-order valence-corrected chi connectivity index (χ0v) is 13.2. The van der Waals surface area contributed by atoms with Gasteiger partial charge in [-0.15, -0.1) is 0 Å². The monoisotopic (exact) mass is 346 g/mol. The molecule has 0 aliphatic rings. The van der Waals surface area contributed by atoms with E-state index in [-0.39, 0.29) is 23.1 Å². The van der Waals surface area contributed by atoms with Crippen molar-refractivity contribution >= 4 is 34.2 Å². The maximum Gasteiger partial charge on any atom is 0.349 e. The predicted octanol–water partition coefficient (Wildman–Crippen LogP) is 3.16. The fourth-order valence-electron chi connectivity index (χ4n) is 2.41. The Morgan fingerprint density at radius 1 is 1.38 bits per heavy atom. The van der Waals surface area contributed by atoms with Crippen LogP contribution in [0.15, 0.2) is 36.8 Å². The molecule has 9 heteroatoms. The van der Waals surface area contributed by atoms with Gasteiger partial charge in [0.05, 0.1) is 22.6 Å². The van der Waals surface area contributed by atoms with Crippen LogP contribution in [0.3, 0.4) is 0 Å². The number of rotatable bonds is 4. The molecule has 2 heterocycles. The summed E-state index contributed by atoms with van der Waals surface area (Å²) in [7, 11) is 0. The average Bonchev–Trinajstić information content (AvgIpc) is 2.94. The van der Waals surface area contributed by atoms with E-state index in [9.17, 15) is 14.9 Å². The molecule has 0 atom stereocenters. The molecule has 1 aromatic carbocycles. The second kappa shape index (κ2) is 6.25. The SMILES string of the molecule is CCOC(=O)c1cn(-c2ncnc(Cl)c2[N+](=O)[O-])c2ccccc12. The molecule has 0 radical (unpaired) electrons. The van der Waals surface area contributed by atoms with Crippen molar-refractivity contribution < 1.29 is 14.5 Å². The third-order valence-corrected chi connectivity index (χ3v) is 3.65. The Kier molecular flexibility index (Phi) is 4.13. The Morgan fingerprint density at radius 2 is 2.12 bits per heavy atom. The Morgan fingerprint density at radius 3 is 2.83 bits per heavy atom. The molecule has 0 saturated carbocycles. The molecule has 0 spiro atoms. The fraction of sp³-hybridized carbons (Fsp3) is 0.133. The minimum atomic E-state index is -0.656. The number of aromatic nitrogens is 3. The van der Waals surface area contributed by atoms with E-state index < -0.39 is 16.6 Å². The van der Waals surface area contributed by atoms with E-state index in [1.54, 1.807) is 31.2 Å². The molecule has 3 rings (SSSR count). The lowest BCUT2D eigenvalue weighted by atomic mass is 10.2. The standard InChI is InChI=1S/C15H11ClN4O4/c1-2-24-15(21)10-7-19(11-6-4-3-5-9(10)11)14-12(20(22)23)13(16)17-8-18-14/h3-8H,2H2,1H3. The van der Waals surface area contributed by atoms with E-state index in [1.165, 1.54) is 10.8 Å². The molecule has 0 unspecified atom stereocenters. The number of ether oxygens (including phenoxy) is 1. The molecule has 3 aromatic rings. The van der Waals surface area contributed by atoms with Gasteiger partial charge in [-0.25, -0.2) is 14.8 Å². The number of para-hydroxylation sites is 1. The minimum Gasteiger partial charge on any atom is -0.462 e. The summed E-state index contributed by atoms with van der Waals surface area (Å²) in [4.78, 5) is 30.5. The third-order valence-electron chi connectivity index (χ3n) is 3.38. The van der Waals surface area contributed by atoms with Gasteiger partial charge in [-0.05, 0) is 13.0 Å². The zero-order valence-electron chi connectivity index (χ0n) is 12.5. The van der Waals surface area contributed by atoms with Crippen molar-refractivity contribution in [1.29, 1.82) is 0 Å². The first kappa shape index (κ1) is 15.9. The Hall–Kier alpha value is -3.00. The normalized spacial score (nSPS) is 10.8. The predicted molar refractivity (Wildman–Crippen MR) is 86.5 cm³/mol. The lowest BCUT2D eigenvalue weighted by Gasteiger charge is -2.05. The molecule has 0 saturated heterocycles. The summed E-state index contributed by atoms with van der Waals surface area (Å²) in [5, 5.41) is 11.7. The van der Waals surface area contributed by atoms with Crippen LogP contribution >= 0.6 is 11.6 Å². The van der Waals surface area contributed by atoms with Crippen molar-refractivity contribution in [3.63, 3.8) is 0 Å². The van der Waals surface area contributed by atoms with E-state index >= 15 is 0 Å². The molecule has 0 aliphatic carbocycles. The Labute approximate surface area is 140 Å². The van der Waals surface area contributed by atoms with Crippen LogP contribution in [0.25, 0.3) is 16.7 Å². The quantitative estimate of drug-likeness (QED) is 0.311. The summed E-state index contributed by atoms with van der Waals surface area (Å²) in [5.74, 6) is -0.540. The minimum absolute atomic E-state index is 0.0215. The molecular weight excluding hydrogens is 336 g/mol. The number of nitro groups is 1. The molecule has 0 N–H and O–H groups in total. The summed E-state index contributed by atoms with van der Waals surface area (Å²) in [6.07, 6.45) is 2.58. The van der Waals surface area contributed by atoms with Gasteiger partial charge in [0, 0.05) is 11.6 Å². The largest absolute Gasteiger partial charge is 0.462 e. The number of carbonyl (C=O) groups is 1. The molecule has 0 amide bonds. The molecule has 0 aliphatic heterocycles. The van der Waals surface area contributed by atoms with Crippen molar-refractivity contribution in [2.45, 2.75) is 6.92 Å². The lowest BCUT2D eigenvalue weighted by Crippen LogP contribution is -2.05. The van der Waals surface area contributed by atoms with Crippen molar-refractivity contribution in [3.05, 3.63) is 57.6 Å². The van der Waals surface area contributed by atoms with E-state index in [1.807, 2.05) is 0 Å². The third kappa shape index (κ3) is 2.56. The number of esters is 1. The zero-order chi connectivity index (χ0) is 17.3. The number of carbonyl (C=O) groups excluding carboxylic acids is 1. The number of hydrogen-bond acceptors (Lipinski definition) is 6. The van der Waals surface area contributed by atoms with Crippen LogP contribution in [0, 0.1) is 10.1 Å². The molecular formula is C15H11ClN4O4. The second-order valence-electron chi connectivity index (χ2n) is 4.74. The highest BCUT2D eigenvalue weighted by molar-refractivity contribution is 6.31. The van der Waals surface area contributed by atoms with Gasteiger partial charge in [-0.3, -0.25) is 14.7 Å². The Bertz CT molecular complexity index is 954. The highest BCUT2D eigenvalue weighted by Crippen LogP contribution is 2.32. The molecule has 0 fully saturated rings. The summed E-state index contributed by atoms with van der Waals surface area (Å²) in [6, 6.07) is 6.96. The molecule has 122 valence electrons. The molecule has 2 aromatic heterocycles. The molecule has 8 nitrogen and oxygen atoms in total. The van der Waals surface area contributed by atoms with E-state index in [0.29, 0.717) is 10.9 Å². The van der Waals surface area contributed by atoms with Crippen LogP contribution in [0.1, 0.15) is 17.3 Å². The van der Waals surface area contributed by atoms with Gasteiger partial charge in [-0.1, -0.05) is 29.8 Å². The molecule has 24 heavy (non-hydrogen) atoms. The van der Waals surface area contributed by atoms with Crippen molar-refractivity contribution in [2.75, 3.05) is 6.61 Å². The van der Waals surface area contributed by atoms with Crippen LogP contribution in [-0.4, -0.2) is 32.0 Å². The smallest absolute Gasteiger partial charge is 0.349 e. The summed E-state index contributed by atoms with van der Waals surface area (Å²) >= 11 is 5.85. The average molecular weight is 347 g/mol. The summed E-state index contributed by atoms with van der Waals surface area (Å²) in [5.41, 5.74) is 0.422. The van der Waals surface area contributed by atoms with Crippen LogP contribution in [-0.2, 0) is 4.74 Å². The van der Waals surface area contributed by atoms with Crippen molar-refractivity contribution in [1.82, 2.24) is 14.5 Å². The number of nitrogens with zero attached hydrogens (tertiary/aromatic N) is 4. The molecule has 0 bridgehead atoms. The Balaban J connectivity index is 2.31. The van der Waals surface area contributed by atoms with Gasteiger partial charge in [-0.2, -0.15) is 0 Å². The van der Waals surface area contributed by atoms with E-state index in [4.69, 9.17) is 16.3 Å². The van der Waals surface area contributed by atoms with Crippen molar-refractivity contribution in [3.8, 4) is 5.82 Å². The van der Waals surface area contributed by atoms with Gasteiger partial charge in [0.15, 0.2) is 0 Å². The first-order chi connectivity index (χ1) is 11.5.